The van der Waals surface area contributed by atoms with Gasteiger partial charge in [0.1, 0.15) is 22.9 Å². The van der Waals surface area contributed by atoms with Crippen LogP contribution in [-0.4, -0.2) is 97.4 Å². The van der Waals surface area contributed by atoms with Crippen molar-refractivity contribution in [3.63, 3.8) is 0 Å². The summed E-state index contributed by atoms with van der Waals surface area (Å²) >= 11 is 0. The molecule has 0 radical (unpaired) electrons. The van der Waals surface area contributed by atoms with Crippen LogP contribution in [-0.2, 0) is 33.8 Å². The highest BCUT2D eigenvalue weighted by atomic mass is 16.5. The molecule has 4 saturated heterocycles. The summed E-state index contributed by atoms with van der Waals surface area (Å²) in [5, 5.41) is 0. The van der Waals surface area contributed by atoms with E-state index in [4.69, 9.17) is 50.8 Å². The van der Waals surface area contributed by atoms with Crippen molar-refractivity contribution in [1.82, 2.24) is 59.0 Å². The van der Waals surface area contributed by atoms with E-state index in [1.807, 2.05) is 0 Å². The van der Waals surface area contributed by atoms with E-state index >= 15 is 0 Å². The first-order valence-electron chi connectivity index (χ1n) is 20.7. The standard InChI is InChI=1S/2C20H24N8O/c2*1-3-20(2)18-24-14-16(27(18)4-5-29-20)25-15(12-8-22-19(21)23-9-12)26-17(14)28-10-11-6-13(28)7-11/h2*8-9,11,13H,3-7,10H2,1-2H3,(H2,21,22,23)/t2*11?,13?,20-/m10/s1. The SMILES string of the molecule is CC[C@@]1(C)OCCn2c1nc1c(N3CC4CC3C4)nc(-c3cnc(N)nc3)nc12.CC[C@]1(C)OCCn2c1nc1c(N3CC4CC3C4)nc(-c3cnc(N)nc3)nc12. The van der Waals surface area contributed by atoms with E-state index in [-0.39, 0.29) is 11.9 Å². The van der Waals surface area contributed by atoms with Gasteiger partial charge in [0.05, 0.1) is 24.3 Å². The maximum atomic E-state index is 6.11. The molecule has 4 bridgehead atoms. The molecule has 6 aliphatic heterocycles. The van der Waals surface area contributed by atoms with E-state index < -0.39 is 11.2 Å². The second-order valence-electron chi connectivity index (χ2n) is 17.1. The van der Waals surface area contributed by atoms with Crippen molar-refractivity contribution in [2.24, 2.45) is 11.8 Å². The smallest absolute Gasteiger partial charge is 0.219 e. The number of imidazole rings is 2. The molecule has 58 heavy (non-hydrogen) atoms. The second-order valence-corrected chi connectivity index (χ2v) is 17.1. The molecule has 0 unspecified atom stereocenters. The number of anilines is 4. The van der Waals surface area contributed by atoms with Crippen LogP contribution >= 0.6 is 0 Å². The molecule has 14 rings (SSSR count). The van der Waals surface area contributed by atoms with Crippen molar-refractivity contribution in [1.29, 1.82) is 0 Å². The van der Waals surface area contributed by atoms with Gasteiger partial charge in [-0.25, -0.2) is 49.8 Å². The third-order valence-electron chi connectivity index (χ3n) is 13.5. The molecule has 6 fully saturated rings. The quantitative estimate of drug-likeness (QED) is 0.242. The minimum absolute atomic E-state index is 0.244. The summed E-state index contributed by atoms with van der Waals surface area (Å²) in [6, 6.07) is 1.11. The van der Waals surface area contributed by atoms with E-state index in [1.54, 1.807) is 24.8 Å². The molecule has 0 amide bonds. The van der Waals surface area contributed by atoms with Crippen molar-refractivity contribution in [2.45, 2.75) is 103 Å². The lowest BCUT2D eigenvalue weighted by Crippen LogP contribution is -2.35. The summed E-state index contributed by atoms with van der Waals surface area (Å²) in [5.41, 5.74) is 15.5. The van der Waals surface area contributed by atoms with Gasteiger partial charge < -0.3 is 39.9 Å². The van der Waals surface area contributed by atoms with Crippen LogP contribution < -0.4 is 21.3 Å². The molecule has 300 valence electrons. The highest BCUT2D eigenvalue weighted by molar-refractivity contribution is 5.88. The Morgan fingerprint density at radius 3 is 1.34 bits per heavy atom. The first kappa shape index (κ1) is 35.5. The van der Waals surface area contributed by atoms with Gasteiger partial charge in [0, 0.05) is 63.1 Å². The molecular weight excluding hydrogens is 737 g/mol. The van der Waals surface area contributed by atoms with Crippen molar-refractivity contribution in [3.8, 4) is 22.8 Å². The Balaban J connectivity index is 0.000000133. The number of fused-ring (bicyclic) bond motifs is 8. The summed E-state index contributed by atoms with van der Waals surface area (Å²) in [6.07, 6.45) is 13.4. The summed E-state index contributed by atoms with van der Waals surface area (Å²) < 4.78 is 16.6. The molecular formula is C40H48N16O2. The zero-order chi connectivity index (χ0) is 39.5. The van der Waals surface area contributed by atoms with Crippen LogP contribution in [0.3, 0.4) is 0 Å². The Morgan fingerprint density at radius 2 is 1.00 bits per heavy atom. The number of hydrogen-bond acceptors (Lipinski definition) is 16. The van der Waals surface area contributed by atoms with Crippen molar-refractivity contribution < 1.29 is 9.47 Å². The summed E-state index contributed by atoms with van der Waals surface area (Å²) in [4.78, 5) is 51.2. The monoisotopic (exact) mass is 784 g/mol. The number of ether oxygens (including phenoxy) is 2. The maximum Gasteiger partial charge on any atom is 0.219 e. The Morgan fingerprint density at radius 1 is 0.603 bits per heavy atom. The topological polar surface area (TPSA) is 216 Å². The molecule has 4 N–H and O–H groups in total. The van der Waals surface area contributed by atoms with Crippen LogP contribution in [0, 0.1) is 11.8 Å². The van der Waals surface area contributed by atoms with Gasteiger partial charge in [-0.15, -0.1) is 0 Å². The van der Waals surface area contributed by atoms with Crippen molar-refractivity contribution >= 4 is 45.9 Å². The predicted molar refractivity (Wildman–Crippen MR) is 216 cm³/mol. The average molecular weight is 785 g/mol. The molecule has 0 aromatic carbocycles. The number of nitrogen functional groups attached to an aromatic ring is 2. The lowest BCUT2D eigenvalue weighted by atomic mass is 9.86. The fourth-order valence-electron chi connectivity index (χ4n) is 9.72. The molecule has 2 saturated carbocycles. The number of rotatable bonds is 6. The van der Waals surface area contributed by atoms with Gasteiger partial charge in [0.25, 0.3) is 0 Å². The largest absolute Gasteiger partial charge is 0.368 e. The van der Waals surface area contributed by atoms with E-state index in [0.29, 0.717) is 36.9 Å². The zero-order valence-electron chi connectivity index (χ0n) is 33.3. The van der Waals surface area contributed by atoms with Crippen LogP contribution in [0.4, 0.5) is 23.5 Å². The second kappa shape index (κ2) is 12.9. The van der Waals surface area contributed by atoms with E-state index in [9.17, 15) is 0 Å². The van der Waals surface area contributed by atoms with E-state index in [1.165, 1.54) is 25.7 Å². The molecule has 12 heterocycles. The summed E-state index contributed by atoms with van der Waals surface area (Å²) in [7, 11) is 0. The summed E-state index contributed by atoms with van der Waals surface area (Å²) in [5.74, 6) is 6.99. The van der Waals surface area contributed by atoms with Crippen LogP contribution in [0.2, 0.25) is 0 Å². The van der Waals surface area contributed by atoms with Gasteiger partial charge in [-0.2, -0.15) is 0 Å². The van der Waals surface area contributed by atoms with Gasteiger partial charge in [-0.3, -0.25) is 0 Å². The highest BCUT2D eigenvalue weighted by Crippen LogP contribution is 2.47. The Labute approximate surface area is 334 Å². The third kappa shape index (κ3) is 5.43. The first-order chi connectivity index (χ1) is 28.1. The van der Waals surface area contributed by atoms with Crippen molar-refractivity contribution in [2.75, 3.05) is 47.6 Å². The number of aromatic nitrogens is 12. The van der Waals surface area contributed by atoms with Gasteiger partial charge in [0.2, 0.25) is 11.9 Å². The fraction of sp³-hybridized carbons (Fsp3) is 0.550. The first-order valence-corrected chi connectivity index (χ1v) is 20.7. The van der Waals surface area contributed by atoms with Crippen LogP contribution in [0.15, 0.2) is 24.8 Å². The lowest BCUT2D eigenvalue weighted by molar-refractivity contribution is -0.0696. The lowest BCUT2D eigenvalue weighted by Gasteiger charge is -2.33. The Hall–Kier alpha value is -5.62. The predicted octanol–water partition coefficient (Wildman–Crippen LogP) is 4.24. The minimum Gasteiger partial charge on any atom is -0.368 e. The van der Waals surface area contributed by atoms with Gasteiger partial charge in [-0.1, -0.05) is 13.8 Å². The maximum absolute atomic E-state index is 6.11. The number of nitrogens with two attached hydrogens (primary N) is 2. The van der Waals surface area contributed by atoms with E-state index in [2.05, 4.69) is 66.6 Å². The fourth-order valence-corrected chi connectivity index (χ4v) is 9.72. The highest BCUT2D eigenvalue weighted by Gasteiger charge is 2.47. The molecule has 2 atom stereocenters. The Bertz CT molecular complexity index is 2390. The average Bonchev–Trinajstić information content (AvgIpc) is 4.07. The number of hydrogen-bond donors (Lipinski definition) is 2. The summed E-state index contributed by atoms with van der Waals surface area (Å²) in [6.45, 7) is 13.3. The van der Waals surface area contributed by atoms with Crippen molar-refractivity contribution in [3.05, 3.63) is 36.4 Å². The minimum atomic E-state index is -0.409. The molecule has 6 aromatic heterocycles. The normalized spacial score (nSPS) is 27.9. The van der Waals surface area contributed by atoms with Crippen LogP contribution in [0.25, 0.3) is 45.1 Å². The molecule has 18 heteroatoms. The molecule has 18 nitrogen and oxygen atoms in total. The molecule has 0 spiro atoms. The molecule has 8 aliphatic rings. The molecule has 6 aromatic rings. The molecule has 2 aliphatic carbocycles. The van der Waals surface area contributed by atoms with Gasteiger partial charge >= 0.3 is 0 Å². The van der Waals surface area contributed by atoms with Gasteiger partial charge in [-0.05, 0) is 64.2 Å². The van der Waals surface area contributed by atoms with Crippen LogP contribution in [0.5, 0.6) is 0 Å². The third-order valence-corrected chi connectivity index (χ3v) is 13.5. The number of nitrogens with zero attached hydrogens (tertiary/aromatic N) is 14. The zero-order valence-corrected chi connectivity index (χ0v) is 33.3. The Kier molecular flexibility index (Phi) is 7.93. The van der Waals surface area contributed by atoms with E-state index in [0.717, 1.165) is 108 Å². The van der Waals surface area contributed by atoms with Gasteiger partial charge in [0.15, 0.2) is 45.6 Å². The van der Waals surface area contributed by atoms with Crippen LogP contribution in [0.1, 0.15) is 77.9 Å².